The fourth-order valence-electron chi connectivity index (χ4n) is 3.27. The first-order valence-electron chi connectivity index (χ1n) is 8.26. The molecule has 2 aliphatic heterocycles. The van der Waals surface area contributed by atoms with Gasteiger partial charge in [0.15, 0.2) is 0 Å². The predicted molar refractivity (Wildman–Crippen MR) is 90.6 cm³/mol. The monoisotopic (exact) mass is 335 g/mol. The lowest BCUT2D eigenvalue weighted by Gasteiger charge is -2.34. The average molecular weight is 336 g/mol. The molecule has 0 bridgehead atoms. The molecule has 2 amide bonds. The minimum atomic E-state index is -0.462. The minimum absolute atomic E-state index is 0.0657. The highest BCUT2D eigenvalue weighted by Gasteiger charge is 2.33. The van der Waals surface area contributed by atoms with Crippen molar-refractivity contribution < 1.29 is 9.59 Å². The van der Waals surface area contributed by atoms with Crippen LogP contribution in [-0.4, -0.2) is 37.0 Å². The van der Waals surface area contributed by atoms with Crippen LogP contribution < -0.4 is 15.5 Å². The molecule has 0 radical (unpaired) electrons. The molecule has 1 aromatic carbocycles. The number of hydrogen-bond donors (Lipinski definition) is 2. The molecule has 2 atom stereocenters. The van der Waals surface area contributed by atoms with Gasteiger partial charge in [0.05, 0.1) is 16.8 Å². The molecule has 1 aromatic rings. The SMILES string of the molecule is O=C(NC1CCCN(c2ccccc2Cl)C1=O)C1CCCCN1. The molecule has 2 fully saturated rings. The van der Waals surface area contributed by atoms with Crippen molar-refractivity contribution in [1.29, 1.82) is 0 Å². The first-order valence-corrected chi connectivity index (χ1v) is 8.64. The summed E-state index contributed by atoms with van der Waals surface area (Å²) in [6, 6.07) is 6.69. The van der Waals surface area contributed by atoms with Crippen molar-refractivity contribution in [3.8, 4) is 0 Å². The summed E-state index contributed by atoms with van der Waals surface area (Å²) in [7, 11) is 0. The van der Waals surface area contributed by atoms with E-state index in [1.807, 2.05) is 18.2 Å². The van der Waals surface area contributed by atoms with Crippen LogP contribution in [0, 0.1) is 0 Å². The Morgan fingerprint density at radius 2 is 2.04 bits per heavy atom. The van der Waals surface area contributed by atoms with E-state index >= 15 is 0 Å². The molecule has 2 unspecified atom stereocenters. The Balaban J connectivity index is 1.67. The first kappa shape index (κ1) is 16.3. The highest BCUT2D eigenvalue weighted by molar-refractivity contribution is 6.33. The van der Waals surface area contributed by atoms with Crippen LogP contribution in [0.25, 0.3) is 0 Å². The predicted octanol–water partition coefficient (Wildman–Crippen LogP) is 2.09. The van der Waals surface area contributed by atoms with Crippen molar-refractivity contribution in [1.82, 2.24) is 10.6 Å². The van der Waals surface area contributed by atoms with Gasteiger partial charge in [0.2, 0.25) is 11.8 Å². The Morgan fingerprint density at radius 3 is 2.78 bits per heavy atom. The summed E-state index contributed by atoms with van der Waals surface area (Å²) in [6.07, 6.45) is 4.51. The van der Waals surface area contributed by atoms with Crippen molar-refractivity contribution in [2.24, 2.45) is 0 Å². The number of amides is 2. The second-order valence-electron chi connectivity index (χ2n) is 6.15. The Bertz CT molecular complexity index is 587. The number of anilines is 1. The van der Waals surface area contributed by atoms with Gasteiger partial charge in [0.1, 0.15) is 6.04 Å². The molecule has 2 N–H and O–H groups in total. The van der Waals surface area contributed by atoms with Crippen LogP contribution in [0.2, 0.25) is 5.02 Å². The minimum Gasteiger partial charge on any atom is -0.343 e. The Labute approximate surface area is 141 Å². The molecule has 0 saturated carbocycles. The fraction of sp³-hybridized carbons (Fsp3) is 0.529. The Kier molecular flexibility index (Phi) is 5.18. The topological polar surface area (TPSA) is 61.4 Å². The van der Waals surface area contributed by atoms with E-state index in [9.17, 15) is 9.59 Å². The van der Waals surface area contributed by atoms with E-state index in [0.717, 1.165) is 32.2 Å². The van der Waals surface area contributed by atoms with E-state index < -0.39 is 6.04 Å². The van der Waals surface area contributed by atoms with Gasteiger partial charge in [-0.1, -0.05) is 30.2 Å². The zero-order chi connectivity index (χ0) is 16.2. The van der Waals surface area contributed by atoms with E-state index in [4.69, 9.17) is 11.6 Å². The summed E-state index contributed by atoms with van der Waals surface area (Å²) in [6.45, 7) is 1.50. The summed E-state index contributed by atoms with van der Waals surface area (Å²) in [5.74, 6) is -0.141. The average Bonchev–Trinajstić information content (AvgIpc) is 2.58. The van der Waals surface area contributed by atoms with Gasteiger partial charge in [-0.05, 0) is 44.4 Å². The third kappa shape index (κ3) is 3.67. The molecule has 0 spiro atoms. The maximum Gasteiger partial charge on any atom is 0.249 e. The smallest absolute Gasteiger partial charge is 0.249 e. The largest absolute Gasteiger partial charge is 0.343 e. The van der Waals surface area contributed by atoms with Gasteiger partial charge in [0.25, 0.3) is 0 Å². The van der Waals surface area contributed by atoms with Gasteiger partial charge >= 0.3 is 0 Å². The molecule has 0 aromatic heterocycles. The highest BCUT2D eigenvalue weighted by atomic mass is 35.5. The van der Waals surface area contributed by atoms with E-state index in [1.54, 1.807) is 11.0 Å². The summed E-state index contributed by atoms with van der Waals surface area (Å²) in [5, 5.41) is 6.70. The molecule has 124 valence electrons. The summed E-state index contributed by atoms with van der Waals surface area (Å²) in [4.78, 5) is 26.8. The number of carbonyl (C=O) groups is 2. The zero-order valence-corrected chi connectivity index (χ0v) is 13.8. The van der Waals surface area contributed by atoms with E-state index in [-0.39, 0.29) is 17.9 Å². The zero-order valence-electron chi connectivity index (χ0n) is 13.1. The molecule has 6 heteroatoms. The summed E-state index contributed by atoms with van der Waals surface area (Å²) in [5.41, 5.74) is 0.717. The maximum atomic E-state index is 12.7. The molecular weight excluding hydrogens is 314 g/mol. The molecule has 2 saturated heterocycles. The second kappa shape index (κ2) is 7.32. The van der Waals surface area contributed by atoms with Gasteiger partial charge in [-0.25, -0.2) is 0 Å². The lowest BCUT2D eigenvalue weighted by molar-refractivity contribution is -0.129. The van der Waals surface area contributed by atoms with Gasteiger partial charge in [0, 0.05) is 6.54 Å². The number of nitrogens with zero attached hydrogens (tertiary/aromatic N) is 1. The molecule has 3 rings (SSSR count). The molecule has 2 aliphatic rings. The lowest BCUT2D eigenvalue weighted by Crippen LogP contribution is -2.56. The first-order chi connectivity index (χ1) is 11.2. The van der Waals surface area contributed by atoms with Gasteiger partial charge in [-0.15, -0.1) is 0 Å². The van der Waals surface area contributed by atoms with Crippen molar-refractivity contribution >= 4 is 29.1 Å². The normalized spacial score (nSPS) is 25.3. The summed E-state index contributed by atoms with van der Waals surface area (Å²) >= 11 is 6.21. The standard InChI is InChI=1S/C17H22ClN3O2/c18-12-6-1-2-9-15(12)21-11-5-8-14(17(21)23)20-16(22)13-7-3-4-10-19-13/h1-2,6,9,13-14,19H,3-5,7-8,10-11H2,(H,20,22). The van der Waals surface area contributed by atoms with Crippen LogP contribution in [0.4, 0.5) is 5.69 Å². The van der Waals surface area contributed by atoms with Crippen LogP contribution in [0.3, 0.4) is 0 Å². The number of halogens is 1. The number of nitrogens with one attached hydrogen (secondary N) is 2. The maximum absolute atomic E-state index is 12.7. The van der Waals surface area contributed by atoms with Crippen molar-refractivity contribution in [2.75, 3.05) is 18.0 Å². The van der Waals surface area contributed by atoms with E-state index in [0.29, 0.717) is 23.7 Å². The number of piperidine rings is 2. The van der Waals surface area contributed by atoms with Gasteiger partial charge < -0.3 is 15.5 Å². The van der Waals surface area contributed by atoms with Crippen LogP contribution in [0.1, 0.15) is 32.1 Å². The summed E-state index contributed by atoms with van der Waals surface area (Å²) < 4.78 is 0. The number of benzene rings is 1. The van der Waals surface area contributed by atoms with Crippen molar-refractivity contribution in [2.45, 2.75) is 44.2 Å². The van der Waals surface area contributed by atoms with Crippen LogP contribution in [0.5, 0.6) is 0 Å². The van der Waals surface area contributed by atoms with Crippen LogP contribution in [-0.2, 0) is 9.59 Å². The second-order valence-corrected chi connectivity index (χ2v) is 6.55. The molecular formula is C17H22ClN3O2. The highest BCUT2D eigenvalue weighted by Crippen LogP contribution is 2.28. The molecule has 0 aliphatic carbocycles. The third-order valence-electron chi connectivity index (χ3n) is 4.53. The van der Waals surface area contributed by atoms with Crippen molar-refractivity contribution in [3.05, 3.63) is 29.3 Å². The van der Waals surface area contributed by atoms with Crippen molar-refractivity contribution in [3.63, 3.8) is 0 Å². The molecule has 5 nitrogen and oxygen atoms in total. The molecule has 2 heterocycles. The fourth-order valence-corrected chi connectivity index (χ4v) is 3.50. The molecule has 23 heavy (non-hydrogen) atoms. The van der Waals surface area contributed by atoms with Gasteiger partial charge in [-0.2, -0.15) is 0 Å². The number of para-hydroxylation sites is 1. The number of carbonyl (C=O) groups excluding carboxylic acids is 2. The van der Waals surface area contributed by atoms with Crippen LogP contribution >= 0.6 is 11.6 Å². The third-order valence-corrected chi connectivity index (χ3v) is 4.84. The Hall–Kier alpha value is -1.59. The lowest BCUT2D eigenvalue weighted by atomic mass is 10.0. The Morgan fingerprint density at radius 1 is 1.22 bits per heavy atom. The number of rotatable bonds is 3. The quantitative estimate of drug-likeness (QED) is 0.889. The van der Waals surface area contributed by atoms with E-state index in [2.05, 4.69) is 10.6 Å². The van der Waals surface area contributed by atoms with Crippen LogP contribution in [0.15, 0.2) is 24.3 Å². The van der Waals surface area contributed by atoms with Gasteiger partial charge in [-0.3, -0.25) is 9.59 Å². The number of hydrogen-bond acceptors (Lipinski definition) is 3. The van der Waals surface area contributed by atoms with E-state index in [1.165, 1.54) is 0 Å².